The molecular weight excluding hydrogens is 508 g/mol. The highest BCUT2D eigenvalue weighted by Gasteiger charge is 2.44. The second-order valence-electron chi connectivity index (χ2n) is 9.94. The lowest BCUT2D eigenvalue weighted by molar-refractivity contribution is -0.129. The zero-order chi connectivity index (χ0) is 27.5. The van der Waals surface area contributed by atoms with Gasteiger partial charge in [0.2, 0.25) is 5.78 Å². The van der Waals surface area contributed by atoms with Gasteiger partial charge in [-0.05, 0) is 48.4 Å². The smallest absolute Gasteiger partial charge is 0.290 e. The summed E-state index contributed by atoms with van der Waals surface area (Å²) in [5, 5.41) is 11.9. The largest absolute Gasteiger partial charge is 0.503 e. The van der Waals surface area contributed by atoms with Crippen LogP contribution >= 0.6 is 0 Å². The van der Waals surface area contributed by atoms with Gasteiger partial charge in [0.1, 0.15) is 17.1 Å². The molecule has 1 N–H and O–H groups in total. The molecule has 3 aromatic carbocycles. The number of morpholine rings is 1. The predicted molar refractivity (Wildman–Crippen MR) is 149 cm³/mol. The van der Waals surface area contributed by atoms with E-state index in [9.17, 15) is 14.7 Å². The van der Waals surface area contributed by atoms with Gasteiger partial charge in [-0.1, -0.05) is 48.5 Å². The highest BCUT2D eigenvalue weighted by molar-refractivity contribution is 6.16. The van der Waals surface area contributed by atoms with E-state index in [0.717, 1.165) is 25.0 Å². The molecule has 1 fully saturated rings. The number of hydrogen-bond acceptors (Lipinski definition) is 7. The maximum absolute atomic E-state index is 13.9. The molecule has 1 aromatic heterocycles. The summed E-state index contributed by atoms with van der Waals surface area (Å²) in [6.07, 6.45) is 0.682. The molecule has 1 atom stereocenters. The molecule has 8 heteroatoms. The van der Waals surface area contributed by atoms with Gasteiger partial charge in [0.05, 0.1) is 24.8 Å². The average molecular weight is 539 g/mol. The maximum Gasteiger partial charge on any atom is 0.290 e. The van der Waals surface area contributed by atoms with E-state index in [-0.39, 0.29) is 11.3 Å². The molecule has 204 valence electrons. The molecule has 0 spiro atoms. The van der Waals surface area contributed by atoms with Crippen molar-refractivity contribution in [1.82, 2.24) is 9.80 Å². The molecule has 2 aliphatic rings. The number of ketones is 1. The molecular formula is C32H30N2O6. The summed E-state index contributed by atoms with van der Waals surface area (Å²) in [5.41, 5.74) is 1.23. The molecule has 1 saturated heterocycles. The van der Waals surface area contributed by atoms with Crippen molar-refractivity contribution in [2.24, 2.45) is 0 Å². The maximum atomic E-state index is 13.9. The number of Topliss-reactive ketones (excluding diaryl/α,β-unsaturated/α-hetero) is 1. The van der Waals surface area contributed by atoms with Crippen molar-refractivity contribution in [3.8, 4) is 11.5 Å². The Bertz CT molecular complexity index is 1520. The van der Waals surface area contributed by atoms with Gasteiger partial charge in [-0.3, -0.25) is 14.5 Å². The van der Waals surface area contributed by atoms with E-state index >= 15 is 0 Å². The first kappa shape index (κ1) is 25.9. The van der Waals surface area contributed by atoms with Gasteiger partial charge in [0, 0.05) is 31.6 Å². The molecule has 1 unspecified atom stereocenters. The number of furan rings is 1. The van der Waals surface area contributed by atoms with Gasteiger partial charge < -0.3 is 23.9 Å². The number of nitrogens with zero attached hydrogens (tertiary/aromatic N) is 2. The Morgan fingerprint density at radius 2 is 1.65 bits per heavy atom. The number of fused-ring (bicyclic) bond motifs is 1. The van der Waals surface area contributed by atoms with Crippen LogP contribution in [0, 0.1) is 0 Å². The van der Waals surface area contributed by atoms with E-state index in [2.05, 4.69) is 4.90 Å². The van der Waals surface area contributed by atoms with Gasteiger partial charge in [-0.2, -0.15) is 0 Å². The molecule has 0 saturated carbocycles. The number of rotatable bonds is 9. The first-order valence-electron chi connectivity index (χ1n) is 13.5. The number of aliphatic hydroxyl groups excluding tert-OH is 1. The van der Waals surface area contributed by atoms with Crippen molar-refractivity contribution in [1.29, 1.82) is 0 Å². The first-order valence-corrected chi connectivity index (χ1v) is 13.5. The fourth-order valence-electron chi connectivity index (χ4n) is 5.35. The summed E-state index contributed by atoms with van der Waals surface area (Å²) in [6.45, 7) is 4.22. The number of benzene rings is 3. The molecule has 40 heavy (non-hydrogen) atoms. The van der Waals surface area contributed by atoms with Crippen LogP contribution in [0.3, 0.4) is 0 Å². The predicted octanol–water partition coefficient (Wildman–Crippen LogP) is 5.53. The quantitative estimate of drug-likeness (QED) is 0.280. The van der Waals surface area contributed by atoms with Gasteiger partial charge in [-0.15, -0.1) is 0 Å². The summed E-state index contributed by atoms with van der Waals surface area (Å²) in [6, 6.07) is 24.8. The zero-order valence-electron chi connectivity index (χ0n) is 22.0. The molecule has 2 aliphatic heterocycles. The van der Waals surface area contributed by atoms with Crippen LogP contribution < -0.4 is 4.74 Å². The van der Waals surface area contributed by atoms with Gasteiger partial charge in [0.25, 0.3) is 5.91 Å². The minimum atomic E-state index is -0.794. The van der Waals surface area contributed by atoms with Gasteiger partial charge in [0.15, 0.2) is 11.5 Å². The monoisotopic (exact) mass is 538 g/mol. The molecule has 0 bridgehead atoms. The number of aliphatic hydroxyl groups is 1. The lowest BCUT2D eigenvalue weighted by atomic mass is 9.94. The number of hydrogen-bond donors (Lipinski definition) is 1. The van der Waals surface area contributed by atoms with Crippen molar-refractivity contribution < 1.29 is 28.6 Å². The Balaban J connectivity index is 1.33. The van der Waals surface area contributed by atoms with Crippen LogP contribution in [0.1, 0.15) is 28.6 Å². The minimum Gasteiger partial charge on any atom is -0.503 e. The normalized spacial score (nSPS) is 18.1. The van der Waals surface area contributed by atoms with E-state index in [1.165, 1.54) is 0 Å². The van der Waals surface area contributed by atoms with Gasteiger partial charge in [-0.25, -0.2) is 0 Å². The van der Waals surface area contributed by atoms with Gasteiger partial charge >= 0.3 is 0 Å². The molecule has 8 nitrogen and oxygen atoms in total. The van der Waals surface area contributed by atoms with Crippen molar-refractivity contribution in [2.75, 3.05) is 39.4 Å². The highest BCUT2D eigenvalue weighted by atomic mass is 16.5. The van der Waals surface area contributed by atoms with Crippen molar-refractivity contribution in [2.45, 2.75) is 12.5 Å². The lowest BCUT2D eigenvalue weighted by Crippen LogP contribution is -2.39. The third-order valence-corrected chi connectivity index (χ3v) is 7.33. The third kappa shape index (κ3) is 5.23. The van der Waals surface area contributed by atoms with Crippen LogP contribution in [-0.2, 0) is 9.53 Å². The summed E-state index contributed by atoms with van der Waals surface area (Å²) in [4.78, 5) is 31.2. The Kier molecular flexibility index (Phi) is 7.35. The fourth-order valence-corrected chi connectivity index (χ4v) is 5.35. The highest BCUT2D eigenvalue weighted by Crippen LogP contribution is 2.41. The fraction of sp³-hybridized carbons (Fsp3) is 0.250. The van der Waals surface area contributed by atoms with E-state index in [1.807, 2.05) is 72.8 Å². The third-order valence-electron chi connectivity index (χ3n) is 7.33. The zero-order valence-corrected chi connectivity index (χ0v) is 22.0. The van der Waals surface area contributed by atoms with Crippen molar-refractivity contribution >= 4 is 22.7 Å². The Labute approximate surface area is 232 Å². The molecule has 0 aliphatic carbocycles. The Hall–Kier alpha value is -4.40. The standard InChI is InChI=1S/C32H30N2O6/c35-30(27-21-22-8-4-5-13-26(22)40-27)28-29(23-9-6-12-25(20-23)39-24-10-2-1-3-11-24)34(32(37)31(28)36)15-7-14-33-16-18-38-19-17-33/h1-6,8-13,20-21,29,36H,7,14-19H2. The van der Waals surface area contributed by atoms with E-state index in [1.54, 1.807) is 17.0 Å². The van der Waals surface area contributed by atoms with Crippen molar-refractivity contribution in [3.63, 3.8) is 0 Å². The summed E-state index contributed by atoms with van der Waals surface area (Å²) in [5.74, 6) is -0.325. The molecule has 3 heterocycles. The number of carbonyl (C=O) groups is 2. The van der Waals surface area contributed by atoms with Crippen LogP contribution in [0.25, 0.3) is 11.0 Å². The SMILES string of the molecule is O=C(C1=C(O)C(=O)N(CCCN2CCOCC2)C1c1cccc(Oc2ccccc2)c1)c1cc2ccccc2o1. The second-order valence-corrected chi connectivity index (χ2v) is 9.94. The minimum absolute atomic E-state index is 0.00675. The average Bonchev–Trinajstić information content (AvgIpc) is 3.53. The van der Waals surface area contributed by atoms with Crippen LogP contribution in [0.4, 0.5) is 0 Å². The summed E-state index contributed by atoms with van der Waals surface area (Å²) < 4.78 is 17.3. The number of amides is 1. The van der Waals surface area contributed by atoms with Crippen LogP contribution in [0.5, 0.6) is 11.5 Å². The first-order chi connectivity index (χ1) is 19.6. The van der Waals surface area contributed by atoms with E-state index in [4.69, 9.17) is 13.9 Å². The summed E-state index contributed by atoms with van der Waals surface area (Å²) in [7, 11) is 0. The molecule has 1 amide bonds. The van der Waals surface area contributed by atoms with E-state index < -0.39 is 23.5 Å². The van der Waals surface area contributed by atoms with E-state index in [0.29, 0.717) is 48.8 Å². The number of para-hydroxylation sites is 2. The molecule has 4 aromatic rings. The van der Waals surface area contributed by atoms with Crippen molar-refractivity contribution in [3.05, 3.63) is 108 Å². The van der Waals surface area contributed by atoms with Crippen LogP contribution in [0.2, 0.25) is 0 Å². The lowest BCUT2D eigenvalue weighted by Gasteiger charge is -2.30. The van der Waals surface area contributed by atoms with Crippen LogP contribution in [0.15, 0.2) is 101 Å². The topological polar surface area (TPSA) is 92.5 Å². The molecule has 0 radical (unpaired) electrons. The van der Waals surface area contributed by atoms with Crippen LogP contribution in [-0.4, -0.2) is 66.0 Å². The summed E-state index contributed by atoms with van der Waals surface area (Å²) >= 11 is 0. The Morgan fingerprint density at radius 1 is 0.900 bits per heavy atom. The Morgan fingerprint density at radius 3 is 2.45 bits per heavy atom. The molecule has 6 rings (SSSR count). The number of carbonyl (C=O) groups excluding carboxylic acids is 2. The second kappa shape index (κ2) is 11.4. The number of ether oxygens (including phenoxy) is 2.